The Balaban J connectivity index is 2.06. The van der Waals surface area contributed by atoms with Crippen LogP contribution in [-0.4, -0.2) is 23.5 Å². The molecule has 0 saturated carbocycles. The third kappa shape index (κ3) is 2.04. The van der Waals surface area contributed by atoms with E-state index >= 15 is 0 Å². The monoisotopic (exact) mass is 230 g/mol. The molecular weight excluding hydrogens is 216 g/mol. The van der Waals surface area contributed by atoms with Gasteiger partial charge in [0.2, 0.25) is 0 Å². The van der Waals surface area contributed by atoms with Crippen LogP contribution in [-0.2, 0) is 0 Å². The second-order valence-corrected chi connectivity index (χ2v) is 5.40. The summed E-state index contributed by atoms with van der Waals surface area (Å²) in [6.07, 6.45) is 1.07. The molecule has 2 atom stereocenters. The summed E-state index contributed by atoms with van der Waals surface area (Å²) in [4.78, 5) is 6.84. The first kappa shape index (κ1) is 10.2. The highest BCUT2D eigenvalue weighted by Crippen LogP contribution is 2.28. The quantitative estimate of drug-likeness (QED) is 0.690. The molecule has 0 spiro atoms. The molecule has 4 heteroatoms. The summed E-state index contributed by atoms with van der Waals surface area (Å²) in [5.41, 5.74) is 1.12. The lowest BCUT2D eigenvalue weighted by Gasteiger charge is -2.33. The number of halogens is 1. The summed E-state index contributed by atoms with van der Waals surface area (Å²) in [7, 11) is 0. The van der Waals surface area contributed by atoms with Crippen LogP contribution in [0.5, 0.6) is 0 Å². The van der Waals surface area contributed by atoms with Gasteiger partial charge in [-0.2, -0.15) is 0 Å². The average Bonchev–Trinajstić information content (AvgIpc) is 2.57. The number of thiazole rings is 1. The third-order valence-electron chi connectivity index (χ3n) is 2.68. The molecule has 1 aliphatic rings. The van der Waals surface area contributed by atoms with Gasteiger partial charge in [0.25, 0.3) is 0 Å². The van der Waals surface area contributed by atoms with Crippen LogP contribution in [0.1, 0.15) is 19.0 Å². The van der Waals surface area contributed by atoms with Crippen molar-refractivity contribution in [3.8, 4) is 0 Å². The van der Waals surface area contributed by atoms with E-state index in [1.54, 1.807) is 11.3 Å². The van der Waals surface area contributed by atoms with Gasteiger partial charge in [0.05, 0.1) is 5.69 Å². The van der Waals surface area contributed by atoms with Crippen molar-refractivity contribution < 1.29 is 0 Å². The maximum atomic E-state index is 6.18. The molecule has 2 unspecified atom stereocenters. The van der Waals surface area contributed by atoms with Crippen LogP contribution in [0.25, 0.3) is 0 Å². The number of aryl methyl sites for hydroxylation is 1. The van der Waals surface area contributed by atoms with Gasteiger partial charge in [-0.3, -0.25) is 0 Å². The van der Waals surface area contributed by atoms with E-state index in [0.29, 0.717) is 11.3 Å². The number of piperidine rings is 1. The molecule has 2 rings (SSSR count). The molecule has 0 N–H and O–H groups in total. The van der Waals surface area contributed by atoms with E-state index in [0.717, 1.165) is 30.3 Å². The van der Waals surface area contributed by atoms with Gasteiger partial charge in [-0.05, 0) is 19.3 Å². The zero-order chi connectivity index (χ0) is 10.1. The van der Waals surface area contributed by atoms with Crippen LogP contribution in [0.15, 0.2) is 5.38 Å². The van der Waals surface area contributed by atoms with E-state index in [9.17, 15) is 0 Å². The van der Waals surface area contributed by atoms with Crippen molar-refractivity contribution in [3.63, 3.8) is 0 Å². The van der Waals surface area contributed by atoms with Crippen molar-refractivity contribution in [1.29, 1.82) is 0 Å². The molecule has 1 saturated heterocycles. The molecule has 0 aliphatic carbocycles. The summed E-state index contributed by atoms with van der Waals surface area (Å²) in [5.74, 6) is 0.564. The number of rotatable bonds is 1. The molecule has 2 nitrogen and oxygen atoms in total. The standard InChI is InChI=1S/C10H15ClN2S/c1-7-5-13(4-3-9(7)11)10-12-8(2)6-14-10/h6-7,9H,3-5H2,1-2H3. The van der Waals surface area contributed by atoms with Gasteiger partial charge >= 0.3 is 0 Å². The number of hydrogen-bond donors (Lipinski definition) is 0. The van der Waals surface area contributed by atoms with Crippen LogP contribution >= 0.6 is 22.9 Å². The van der Waals surface area contributed by atoms with Gasteiger partial charge < -0.3 is 4.90 Å². The number of aromatic nitrogens is 1. The molecule has 0 bridgehead atoms. The fourth-order valence-corrected chi connectivity index (χ4v) is 2.80. The molecule has 0 amide bonds. The Morgan fingerprint density at radius 3 is 3.00 bits per heavy atom. The lowest BCUT2D eigenvalue weighted by Crippen LogP contribution is -2.39. The summed E-state index contributed by atoms with van der Waals surface area (Å²) in [5, 5.41) is 3.59. The molecule has 0 radical (unpaired) electrons. The van der Waals surface area contributed by atoms with E-state index in [-0.39, 0.29) is 0 Å². The predicted octanol–water partition coefficient (Wildman–Crippen LogP) is 2.91. The van der Waals surface area contributed by atoms with Crippen molar-refractivity contribution in [3.05, 3.63) is 11.1 Å². The Hall–Kier alpha value is -0.280. The third-order valence-corrected chi connectivity index (χ3v) is 4.35. The summed E-state index contributed by atoms with van der Waals surface area (Å²) in [6, 6.07) is 0. The minimum absolute atomic E-state index is 0.340. The fourth-order valence-electron chi connectivity index (χ4n) is 1.78. The molecule has 14 heavy (non-hydrogen) atoms. The highest BCUT2D eigenvalue weighted by molar-refractivity contribution is 7.13. The number of anilines is 1. The minimum atomic E-state index is 0.340. The van der Waals surface area contributed by atoms with Crippen molar-refractivity contribution in [1.82, 2.24) is 4.98 Å². The summed E-state index contributed by atoms with van der Waals surface area (Å²) in [6.45, 7) is 6.34. The lowest BCUT2D eigenvalue weighted by atomic mass is 10.0. The molecule has 1 fully saturated rings. The van der Waals surface area contributed by atoms with Crippen LogP contribution in [0, 0.1) is 12.8 Å². The number of hydrogen-bond acceptors (Lipinski definition) is 3. The number of alkyl halides is 1. The predicted molar refractivity (Wildman–Crippen MR) is 62.5 cm³/mol. The second-order valence-electron chi connectivity index (χ2n) is 4.00. The normalized spacial score (nSPS) is 28.1. The molecule has 2 heterocycles. The average molecular weight is 231 g/mol. The van der Waals surface area contributed by atoms with Gasteiger partial charge in [0, 0.05) is 23.8 Å². The zero-order valence-corrected chi connectivity index (χ0v) is 10.1. The summed E-state index contributed by atoms with van der Waals surface area (Å²) >= 11 is 7.91. The van der Waals surface area contributed by atoms with Crippen molar-refractivity contribution >= 4 is 28.1 Å². The summed E-state index contributed by atoms with van der Waals surface area (Å²) < 4.78 is 0. The lowest BCUT2D eigenvalue weighted by molar-refractivity contribution is 0.454. The maximum Gasteiger partial charge on any atom is 0.185 e. The first-order chi connectivity index (χ1) is 6.66. The topological polar surface area (TPSA) is 16.1 Å². The fraction of sp³-hybridized carbons (Fsp3) is 0.700. The van der Waals surface area contributed by atoms with Gasteiger partial charge in [0.15, 0.2) is 5.13 Å². The molecule has 0 aromatic carbocycles. The van der Waals surface area contributed by atoms with Crippen molar-refractivity contribution in [2.45, 2.75) is 25.6 Å². The molecule has 78 valence electrons. The largest absolute Gasteiger partial charge is 0.348 e. The van der Waals surface area contributed by atoms with E-state index in [2.05, 4.69) is 22.2 Å². The van der Waals surface area contributed by atoms with Gasteiger partial charge in [-0.1, -0.05) is 6.92 Å². The molecule has 1 aromatic rings. The minimum Gasteiger partial charge on any atom is -0.348 e. The van der Waals surface area contributed by atoms with Gasteiger partial charge in [0.1, 0.15) is 0 Å². The van der Waals surface area contributed by atoms with Crippen molar-refractivity contribution in [2.24, 2.45) is 5.92 Å². The van der Waals surface area contributed by atoms with E-state index < -0.39 is 0 Å². The van der Waals surface area contributed by atoms with Crippen LogP contribution in [0.3, 0.4) is 0 Å². The SMILES string of the molecule is Cc1csc(N2CCC(Cl)C(C)C2)n1. The highest BCUT2D eigenvalue weighted by Gasteiger charge is 2.25. The van der Waals surface area contributed by atoms with E-state index in [4.69, 9.17) is 11.6 Å². The Morgan fingerprint density at radius 1 is 1.64 bits per heavy atom. The Bertz CT molecular complexity index is 313. The van der Waals surface area contributed by atoms with Gasteiger partial charge in [-0.15, -0.1) is 22.9 Å². The smallest absolute Gasteiger partial charge is 0.185 e. The zero-order valence-electron chi connectivity index (χ0n) is 8.53. The molecular formula is C10H15ClN2S. The first-order valence-corrected chi connectivity index (χ1v) is 6.29. The maximum absolute atomic E-state index is 6.18. The first-order valence-electron chi connectivity index (χ1n) is 4.98. The van der Waals surface area contributed by atoms with Crippen LogP contribution < -0.4 is 4.90 Å². The Labute approximate surface area is 93.9 Å². The number of nitrogens with zero attached hydrogens (tertiary/aromatic N) is 2. The second kappa shape index (κ2) is 4.07. The Kier molecular flexibility index (Phi) is 2.98. The van der Waals surface area contributed by atoms with Crippen molar-refractivity contribution in [2.75, 3.05) is 18.0 Å². The molecule has 1 aliphatic heterocycles. The molecule has 1 aromatic heterocycles. The Morgan fingerprint density at radius 2 is 2.43 bits per heavy atom. The van der Waals surface area contributed by atoms with Crippen LogP contribution in [0.4, 0.5) is 5.13 Å². The van der Waals surface area contributed by atoms with E-state index in [1.807, 2.05) is 6.92 Å². The van der Waals surface area contributed by atoms with E-state index in [1.165, 1.54) is 0 Å². The highest BCUT2D eigenvalue weighted by atomic mass is 35.5. The van der Waals surface area contributed by atoms with Crippen LogP contribution in [0.2, 0.25) is 0 Å². The van der Waals surface area contributed by atoms with Gasteiger partial charge in [-0.25, -0.2) is 4.98 Å².